The van der Waals surface area contributed by atoms with Crippen LogP contribution < -0.4 is 4.74 Å². The SMILES string of the molecule is COc1cc(C(=O)N2CCC3(CC2)c2ncccc2C(=O)N3C)on1. The van der Waals surface area contributed by atoms with Gasteiger partial charge in [-0.05, 0) is 30.1 Å². The van der Waals surface area contributed by atoms with Gasteiger partial charge in [0.1, 0.15) is 0 Å². The molecule has 25 heavy (non-hydrogen) atoms. The number of likely N-dealkylation sites (tertiary alicyclic amines) is 1. The van der Waals surface area contributed by atoms with Gasteiger partial charge in [-0.2, -0.15) is 0 Å². The first-order valence-electron chi connectivity index (χ1n) is 8.10. The van der Waals surface area contributed by atoms with Gasteiger partial charge >= 0.3 is 0 Å². The van der Waals surface area contributed by atoms with Crippen molar-refractivity contribution in [2.45, 2.75) is 18.4 Å². The Kier molecular flexibility index (Phi) is 3.48. The molecule has 4 heterocycles. The van der Waals surface area contributed by atoms with Crippen LogP contribution in [0.25, 0.3) is 0 Å². The Morgan fingerprint density at radius 2 is 2.12 bits per heavy atom. The van der Waals surface area contributed by atoms with Gasteiger partial charge in [0.05, 0.1) is 30.0 Å². The number of carbonyl (C=O) groups excluding carboxylic acids is 2. The zero-order valence-electron chi connectivity index (χ0n) is 14.1. The Balaban J connectivity index is 1.55. The van der Waals surface area contributed by atoms with E-state index in [4.69, 9.17) is 9.26 Å². The largest absolute Gasteiger partial charge is 0.479 e. The molecule has 130 valence electrons. The van der Waals surface area contributed by atoms with Crippen molar-refractivity contribution < 1.29 is 18.8 Å². The number of ether oxygens (including phenoxy) is 1. The molecule has 2 aromatic heterocycles. The van der Waals surface area contributed by atoms with Crippen LogP contribution in [0.2, 0.25) is 0 Å². The maximum atomic E-state index is 12.6. The molecule has 0 atom stereocenters. The molecule has 0 radical (unpaired) electrons. The van der Waals surface area contributed by atoms with E-state index in [0.29, 0.717) is 31.5 Å². The number of amides is 2. The lowest BCUT2D eigenvalue weighted by molar-refractivity contribution is 0.0320. The lowest BCUT2D eigenvalue weighted by Crippen LogP contribution is -2.51. The third-order valence-electron chi connectivity index (χ3n) is 5.21. The van der Waals surface area contributed by atoms with Crippen LogP contribution in [0.3, 0.4) is 0 Å². The summed E-state index contributed by atoms with van der Waals surface area (Å²) in [4.78, 5) is 33.0. The second-order valence-corrected chi connectivity index (χ2v) is 6.32. The molecule has 2 amide bonds. The molecule has 0 N–H and O–H groups in total. The van der Waals surface area contributed by atoms with Crippen LogP contribution in [0, 0.1) is 0 Å². The van der Waals surface area contributed by atoms with E-state index >= 15 is 0 Å². The molecule has 0 bridgehead atoms. The zero-order chi connectivity index (χ0) is 17.6. The monoisotopic (exact) mass is 342 g/mol. The fraction of sp³-hybridized carbons (Fsp3) is 0.412. The second-order valence-electron chi connectivity index (χ2n) is 6.32. The average Bonchev–Trinajstić information content (AvgIpc) is 3.22. The van der Waals surface area contributed by atoms with Crippen LogP contribution in [0.1, 0.15) is 39.4 Å². The first-order chi connectivity index (χ1) is 12.1. The fourth-order valence-electron chi connectivity index (χ4n) is 3.75. The van der Waals surface area contributed by atoms with E-state index in [1.165, 1.54) is 13.2 Å². The third kappa shape index (κ3) is 2.20. The smallest absolute Gasteiger partial charge is 0.292 e. The highest BCUT2D eigenvalue weighted by molar-refractivity contribution is 5.99. The molecule has 8 heteroatoms. The molecule has 2 aliphatic rings. The molecule has 1 fully saturated rings. The summed E-state index contributed by atoms with van der Waals surface area (Å²) in [7, 11) is 3.27. The topological polar surface area (TPSA) is 88.8 Å². The van der Waals surface area contributed by atoms with Crippen LogP contribution in [0.15, 0.2) is 28.9 Å². The van der Waals surface area contributed by atoms with E-state index in [9.17, 15) is 9.59 Å². The number of aromatic nitrogens is 2. The summed E-state index contributed by atoms with van der Waals surface area (Å²) in [5.74, 6) is 0.194. The quantitative estimate of drug-likeness (QED) is 0.817. The lowest BCUT2D eigenvalue weighted by Gasteiger charge is -2.43. The third-order valence-corrected chi connectivity index (χ3v) is 5.21. The van der Waals surface area contributed by atoms with Crippen LogP contribution >= 0.6 is 0 Å². The summed E-state index contributed by atoms with van der Waals surface area (Å²) in [5.41, 5.74) is 1.03. The van der Waals surface area contributed by atoms with Gasteiger partial charge in [-0.25, -0.2) is 0 Å². The van der Waals surface area contributed by atoms with Crippen molar-refractivity contribution in [2.75, 3.05) is 27.2 Å². The van der Waals surface area contributed by atoms with Gasteiger partial charge in [-0.15, -0.1) is 0 Å². The van der Waals surface area contributed by atoms with Crippen molar-refractivity contribution in [2.24, 2.45) is 0 Å². The Morgan fingerprint density at radius 3 is 2.80 bits per heavy atom. The minimum atomic E-state index is -0.441. The van der Waals surface area contributed by atoms with Gasteiger partial charge in [0.25, 0.3) is 17.7 Å². The molecule has 4 rings (SSSR count). The molecule has 0 aromatic carbocycles. The first-order valence-corrected chi connectivity index (χ1v) is 8.10. The predicted octanol–water partition coefficient (Wildman–Crippen LogP) is 1.30. The van der Waals surface area contributed by atoms with Gasteiger partial charge in [0, 0.05) is 26.3 Å². The van der Waals surface area contributed by atoms with E-state index in [1.807, 2.05) is 13.1 Å². The predicted molar refractivity (Wildman–Crippen MR) is 86.2 cm³/mol. The van der Waals surface area contributed by atoms with Gasteiger partial charge < -0.3 is 19.1 Å². The summed E-state index contributed by atoms with van der Waals surface area (Å²) >= 11 is 0. The highest BCUT2D eigenvalue weighted by Gasteiger charge is 2.50. The van der Waals surface area contributed by atoms with Crippen molar-refractivity contribution in [1.29, 1.82) is 0 Å². The Hall–Kier alpha value is -2.90. The van der Waals surface area contributed by atoms with Crippen molar-refractivity contribution in [3.05, 3.63) is 41.4 Å². The molecule has 0 saturated carbocycles. The number of piperidine rings is 1. The number of pyridine rings is 1. The molecular weight excluding hydrogens is 324 g/mol. The highest BCUT2D eigenvalue weighted by Crippen LogP contribution is 2.44. The Labute approximate surface area is 144 Å². The first kappa shape index (κ1) is 15.6. The molecule has 2 aromatic rings. The summed E-state index contributed by atoms with van der Waals surface area (Å²) < 4.78 is 9.98. The molecule has 1 saturated heterocycles. The maximum absolute atomic E-state index is 12.6. The number of fused-ring (bicyclic) bond motifs is 2. The minimum Gasteiger partial charge on any atom is -0.479 e. The van der Waals surface area contributed by atoms with Crippen molar-refractivity contribution in [3.8, 4) is 5.88 Å². The lowest BCUT2D eigenvalue weighted by atomic mass is 9.84. The second kappa shape index (κ2) is 5.58. The molecule has 0 aliphatic carbocycles. The maximum Gasteiger partial charge on any atom is 0.292 e. The summed E-state index contributed by atoms with van der Waals surface area (Å²) in [6, 6.07) is 5.07. The van der Waals surface area contributed by atoms with E-state index < -0.39 is 5.54 Å². The fourth-order valence-corrected chi connectivity index (χ4v) is 3.75. The van der Waals surface area contributed by atoms with Crippen LogP contribution in [-0.2, 0) is 5.54 Å². The van der Waals surface area contributed by atoms with Crippen molar-refractivity contribution in [1.82, 2.24) is 19.9 Å². The number of hydrogen-bond donors (Lipinski definition) is 0. The summed E-state index contributed by atoms with van der Waals surface area (Å²) in [5, 5.41) is 3.67. The van der Waals surface area contributed by atoms with Crippen LogP contribution in [0.4, 0.5) is 0 Å². The summed E-state index contributed by atoms with van der Waals surface area (Å²) in [6.07, 6.45) is 2.98. The molecule has 1 spiro atoms. The van der Waals surface area contributed by atoms with E-state index in [-0.39, 0.29) is 23.5 Å². The zero-order valence-corrected chi connectivity index (χ0v) is 14.1. The van der Waals surface area contributed by atoms with Crippen LogP contribution in [0.5, 0.6) is 5.88 Å². The van der Waals surface area contributed by atoms with Gasteiger partial charge in [-0.3, -0.25) is 14.6 Å². The molecule has 0 unspecified atom stereocenters. The van der Waals surface area contributed by atoms with E-state index in [2.05, 4.69) is 10.1 Å². The highest BCUT2D eigenvalue weighted by atomic mass is 16.5. The van der Waals surface area contributed by atoms with E-state index in [1.54, 1.807) is 22.1 Å². The number of rotatable bonds is 2. The van der Waals surface area contributed by atoms with Gasteiger partial charge in [-0.1, -0.05) is 0 Å². The van der Waals surface area contributed by atoms with Crippen molar-refractivity contribution >= 4 is 11.8 Å². The van der Waals surface area contributed by atoms with Gasteiger partial charge in [0.2, 0.25) is 5.76 Å². The normalized spacial score (nSPS) is 18.6. The molecular formula is C17H18N4O4. The number of hydrogen-bond acceptors (Lipinski definition) is 6. The van der Waals surface area contributed by atoms with Gasteiger partial charge in [0.15, 0.2) is 0 Å². The van der Waals surface area contributed by atoms with E-state index in [0.717, 1.165) is 5.69 Å². The molecule has 8 nitrogen and oxygen atoms in total. The van der Waals surface area contributed by atoms with Crippen LogP contribution in [-0.4, -0.2) is 59.0 Å². The minimum absolute atomic E-state index is 0.0113. The number of nitrogens with zero attached hydrogens (tertiary/aromatic N) is 4. The van der Waals surface area contributed by atoms with Crippen molar-refractivity contribution in [3.63, 3.8) is 0 Å². The molecule has 2 aliphatic heterocycles. The average molecular weight is 342 g/mol. The summed E-state index contributed by atoms with van der Waals surface area (Å²) in [6.45, 7) is 1.02. The standard InChI is InChI=1S/C17H18N4O4/c1-20-15(22)11-4-3-7-18-14(11)17(20)5-8-21(9-6-17)16(23)12-10-13(24-2)19-25-12/h3-4,7,10H,5-6,8-9H2,1-2H3. The Bertz CT molecular complexity index is 839. The number of methoxy groups -OCH3 is 1. The number of carbonyl (C=O) groups is 2. The Morgan fingerprint density at radius 1 is 1.36 bits per heavy atom.